The van der Waals surface area contributed by atoms with Crippen molar-refractivity contribution in [1.29, 1.82) is 0 Å². The molecule has 1 aromatic carbocycles. The van der Waals surface area contributed by atoms with Gasteiger partial charge >= 0.3 is 11.9 Å². The van der Waals surface area contributed by atoms with Gasteiger partial charge in [0.05, 0.1) is 17.4 Å². The zero-order valence-corrected chi connectivity index (χ0v) is 22.1. The lowest BCUT2D eigenvalue weighted by Crippen LogP contribution is -2.58. The van der Waals surface area contributed by atoms with E-state index < -0.39 is 47.7 Å². The van der Waals surface area contributed by atoms with Crippen LogP contribution in [0.2, 0.25) is 0 Å². The van der Waals surface area contributed by atoms with Crippen LogP contribution in [0.15, 0.2) is 54.9 Å². The number of nitrogens with two attached hydrogens (primary N) is 1. The molecule has 0 radical (unpaired) electrons. The van der Waals surface area contributed by atoms with E-state index in [0.29, 0.717) is 36.9 Å². The van der Waals surface area contributed by atoms with Crippen molar-refractivity contribution in [3.63, 3.8) is 0 Å². The summed E-state index contributed by atoms with van der Waals surface area (Å²) >= 11 is 0. The Morgan fingerprint density at radius 1 is 0.950 bits per heavy atom. The molecule has 3 amide bonds. The van der Waals surface area contributed by atoms with E-state index in [0.717, 1.165) is 0 Å². The molecule has 1 aromatic heterocycles. The van der Waals surface area contributed by atoms with Crippen LogP contribution in [0.4, 0.5) is 0 Å². The van der Waals surface area contributed by atoms with Crippen LogP contribution in [-0.4, -0.2) is 81.5 Å². The Kier molecular flexibility index (Phi) is 10.7. The molecule has 214 valence electrons. The summed E-state index contributed by atoms with van der Waals surface area (Å²) in [6.07, 6.45) is 4.26. The van der Waals surface area contributed by atoms with Gasteiger partial charge in [-0.05, 0) is 56.3 Å². The highest BCUT2D eigenvalue weighted by Crippen LogP contribution is 2.36. The first kappa shape index (κ1) is 30.2. The molecular formula is C28H35N5O7. The maximum absolute atomic E-state index is 13.6. The number of hydrogen-bond acceptors (Lipinski definition) is 7. The summed E-state index contributed by atoms with van der Waals surface area (Å²) in [6.45, 7) is 0.803. The summed E-state index contributed by atoms with van der Waals surface area (Å²) in [7, 11) is 0. The summed E-state index contributed by atoms with van der Waals surface area (Å²) in [5.41, 5.74) is 5.42. The number of carbonyl (C=O) groups is 5. The second kappa shape index (κ2) is 14.2. The van der Waals surface area contributed by atoms with Crippen molar-refractivity contribution in [3.05, 3.63) is 66.0 Å². The van der Waals surface area contributed by atoms with Gasteiger partial charge in [0, 0.05) is 25.5 Å². The third kappa shape index (κ3) is 7.63. The van der Waals surface area contributed by atoms with Crippen LogP contribution >= 0.6 is 0 Å². The van der Waals surface area contributed by atoms with Crippen molar-refractivity contribution in [2.75, 3.05) is 19.6 Å². The third-order valence-electron chi connectivity index (χ3n) is 7.15. The lowest BCUT2D eigenvalue weighted by atomic mass is 9.71. The predicted octanol–water partition coefficient (Wildman–Crippen LogP) is 0.914. The molecule has 2 heterocycles. The van der Waals surface area contributed by atoms with Crippen LogP contribution in [-0.2, 0) is 24.6 Å². The predicted molar refractivity (Wildman–Crippen MR) is 144 cm³/mol. The summed E-state index contributed by atoms with van der Waals surface area (Å²) in [5.74, 6) is -4.12. The third-order valence-corrected chi connectivity index (χ3v) is 7.15. The Morgan fingerprint density at radius 3 is 2.23 bits per heavy atom. The van der Waals surface area contributed by atoms with E-state index in [2.05, 4.69) is 15.6 Å². The SMILES string of the molecule is NCCCC[C@H](NC(=O)c1cccnc1)C(=O)N1CCC(C(=O)N[C@@H](CC(=O)O)C(=O)O)(c2ccccc2)CC1. The van der Waals surface area contributed by atoms with E-state index in [4.69, 9.17) is 10.8 Å². The van der Waals surface area contributed by atoms with E-state index in [1.54, 1.807) is 53.6 Å². The fourth-order valence-electron chi connectivity index (χ4n) is 4.89. The number of carbonyl (C=O) groups excluding carboxylic acids is 3. The highest BCUT2D eigenvalue weighted by Gasteiger charge is 2.45. The maximum Gasteiger partial charge on any atom is 0.326 e. The van der Waals surface area contributed by atoms with E-state index in [1.165, 1.54) is 6.20 Å². The van der Waals surface area contributed by atoms with E-state index >= 15 is 0 Å². The van der Waals surface area contributed by atoms with Gasteiger partial charge in [0.2, 0.25) is 11.8 Å². The smallest absolute Gasteiger partial charge is 0.326 e. The Labute approximate surface area is 232 Å². The number of carboxylic acids is 2. The highest BCUT2D eigenvalue weighted by molar-refractivity contribution is 5.97. The van der Waals surface area contributed by atoms with Gasteiger partial charge in [0.15, 0.2) is 0 Å². The first-order valence-electron chi connectivity index (χ1n) is 13.2. The molecule has 0 spiro atoms. The van der Waals surface area contributed by atoms with Crippen LogP contribution in [0.5, 0.6) is 0 Å². The minimum Gasteiger partial charge on any atom is -0.481 e. The average molecular weight is 554 g/mol. The zero-order valence-electron chi connectivity index (χ0n) is 22.1. The molecule has 1 saturated heterocycles. The lowest BCUT2D eigenvalue weighted by molar-refractivity contribution is -0.148. The number of pyridine rings is 1. The van der Waals surface area contributed by atoms with Crippen LogP contribution in [0, 0.1) is 0 Å². The van der Waals surface area contributed by atoms with Crippen LogP contribution < -0.4 is 16.4 Å². The molecule has 3 rings (SSSR count). The number of likely N-dealkylation sites (tertiary alicyclic amines) is 1. The summed E-state index contributed by atoms with van der Waals surface area (Å²) in [6, 6.07) is 9.65. The summed E-state index contributed by atoms with van der Waals surface area (Å²) < 4.78 is 0. The Hall–Kier alpha value is -4.32. The fraction of sp³-hybridized carbons (Fsp3) is 0.429. The average Bonchev–Trinajstić information content (AvgIpc) is 2.96. The molecule has 1 aliphatic heterocycles. The first-order chi connectivity index (χ1) is 19.2. The van der Waals surface area contributed by atoms with Gasteiger partial charge in [-0.15, -0.1) is 0 Å². The minimum atomic E-state index is -1.60. The van der Waals surface area contributed by atoms with E-state index in [1.807, 2.05) is 0 Å². The Bertz CT molecular complexity index is 1180. The molecule has 2 aromatic rings. The number of nitrogens with zero attached hydrogens (tertiary/aromatic N) is 2. The number of piperidine rings is 1. The van der Waals surface area contributed by atoms with Crippen molar-refractivity contribution in [3.8, 4) is 0 Å². The van der Waals surface area contributed by atoms with E-state index in [-0.39, 0.29) is 31.8 Å². The number of rotatable bonds is 13. The quantitative estimate of drug-likeness (QED) is 0.224. The summed E-state index contributed by atoms with van der Waals surface area (Å²) in [4.78, 5) is 68.3. The van der Waals surface area contributed by atoms with Crippen molar-refractivity contribution in [2.24, 2.45) is 5.73 Å². The molecule has 0 unspecified atom stereocenters. The minimum absolute atomic E-state index is 0.175. The van der Waals surface area contributed by atoms with Gasteiger partial charge in [-0.1, -0.05) is 30.3 Å². The number of benzene rings is 1. The number of aromatic nitrogens is 1. The topological polar surface area (TPSA) is 192 Å². The Morgan fingerprint density at radius 2 is 1.65 bits per heavy atom. The lowest BCUT2D eigenvalue weighted by Gasteiger charge is -2.42. The molecule has 0 bridgehead atoms. The largest absolute Gasteiger partial charge is 0.481 e. The number of unbranched alkanes of at least 4 members (excludes halogenated alkanes) is 1. The number of nitrogens with one attached hydrogen (secondary N) is 2. The zero-order chi connectivity index (χ0) is 29.1. The van der Waals surface area contributed by atoms with Gasteiger partial charge in [-0.2, -0.15) is 0 Å². The van der Waals surface area contributed by atoms with E-state index in [9.17, 15) is 29.1 Å². The second-order valence-corrected chi connectivity index (χ2v) is 9.79. The fourth-order valence-corrected chi connectivity index (χ4v) is 4.89. The van der Waals surface area contributed by atoms with Crippen LogP contribution in [0.1, 0.15) is 54.4 Å². The van der Waals surface area contributed by atoms with Crippen molar-refractivity contribution >= 4 is 29.7 Å². The second-order valence-electron chi connectivity index (χ2n) is 9.79. The number of carboxylic acid groups (broad SMARTS) is 2. The molecule has 12 nitrogen and oxygen atoms in total. The maximum atomic E-state index is 13.6. The standard InChI is InChI=1S/C28H35N5O7/c29-13-5-4-10-21(31-24(36)19-7-6-14-30-18-19)25(37)33-15-11-28(12-16-33,20-8-2-1-3-9-20)27(40)32-22(26(38)39)17-23(34)35/h1-3,6-9,14,18,21-22H,4-5,10-13,15-17,29H2,(H,31,36)(H,32,40)(H,34,35)(H,38,39)/t21-,22-/m0/s1. The van der Waals surface area contributed by atoms with Crippen LogP contribution in [0.3, 0.4) is 0 Å². The molecule has 6 N–H and O–H groups in total. The van der Waals surface area contributed by atoms with Gasteiger partial charge in [-0.3, -0.25) is 24.2 Å². The highest BCUT2D eigenvalue weighted by atomic mass is 16.4. The molecule has 40 heavy (non-hydrogen) atoms. The number of hydrogen-bond donors (Lipinski definition) is 5. The van der Waals surface area contributed by atoms with Gasteiger partial charge in [-0.25, -0.2) is 4.79 Å². The number of amides is 3. The molecule has 1 aliphatic rings. The monoisotopic (exact) mass is 553 g/mol. The van der Waals surface area contributed by atoms with Crippen molar-refractivity contribution in [2.45, 2.75) is 56.0 Å². The van der Waals surface area contributed by atoms with Gasteiger partial charge in [0.25, 0.3) is 5.91 Å². The van der Waals surface area contributed by atoms with Crippen molar-refractivity contribution in [1.82, 2.24) is 20.5 Å². The summed E-state index contributed by atoms with van der Waals surface area (Å²) in [5, 5.41) is 23.8. The molecule has 2 atom stereocenters. The molecule has 1 fully saturated rings. The molecule has 0 aliphatic carbocycles. The molecule has 12 heteroatoms. The Balaban J connectivity index is 1.79. The first-order valence-corrected chi connectivity index (χ1v) is 13.2. The number of aliphatic carboxylic acids is 2. The van der Waals surface area contributed by atoms with Gasteiger partial charge in [0.1, 0.15) is 12.1 Å². The van der Waals surface area contributed by atoms with Crippen molar-refractivity contribution < 1.29 is 34.2 Å². The van der Waals surface area contributed by atoms with Crippen LogP contribution in [0.25, 0.3) is 0 Å². The molecule has 0 saturated carbocycles. The van der Waals surface area contributed by atoms with Gasteiger partial charge < -0.3 is 31.5 Å². The molecular weight excluding hydrogens is 518 g/mol. The normalized spacial score (nSPS) is 15.9.